The standard InChI is InChI=1S/C15H15N3O2/c1-2-11-17(12-7-4-3-5-8-12)13-9-6-10-14(15(13)16)18(19)20/h2-11H,16H2,1H3. The Morgan fingerprint density at radius 3 is 2.45 bits per heavy atom. The van der Waals surface area contributed by atoms with Crippen LogP contribution < -0.4 is 10.6 Å². The van der Waals surface area contributed by atoms with E-state index in [2.05, 4.69) is 0 Å². The van der Waals surface area contributed by atoms with Gasteiger partial charge in [0, 0.05) is 18.0 Å². The summed E-state index contributed by atoms with van der Waals surface area (Å²) in [7, 11) is 0. The van der Waals surface area contributed by atoms with Gasteiger partial charge in [-0.25, -0.2) is 0 Å². The number of hydrogen-bond acceptors (Lipinski definition) is 4. The lowest BCUT2D eigenvalue weighted by Crippen LogP contribution is -2.11. The Morgan fingerprint density at radius 1 is 1.15 bits per heavy atom. The van der Waals surface area contributed by atoms with Crippen LogP contribution in [0.5, 0.6) is 0 Å². The van der Waals surface area contributed by atoms with Gasteiger partial charge in [-0.3, -0.25) is 10.1 Å². The molecule has 0 atom stereocenters. The zero-order chi connectivity index (χ0) is 14.5. The van der Waals surface area contributed by atoms with Crippen LogP contribution in [-0.2, 0) is 0 Å². The summed E-state index contributed by atoms with van der Waals surface area (Å²) in [5, 5.41) is 11.0. The molecule has 0 bridgehead atoms. The number of nitrogens with two attached hydrogens (primary N) is 1. The second-order valence-corrected chi connectivity index (χ2v) is 4.16. The number of benzene rings is 2. The van der Waals surface area contributed by atoms with E-state index in [9.17, 15) is 10.1 Å². The van der Waals surface area contributed by atoms with Crippen molar-refractivity contribution < 1.29 is 4.92 Å². The predicted octanol–water partition coefficient (Wildman–Crippen LogP) is 3.85. The Hall–Kier alpha value is -2.82. The SMILES string of the molecule is CC=CN(c1ccccc1)c1cccc([N+](=O)[O-])c1N. The molecular formula is C15H15N3O2. The fraction of sp³-hybridized carbons (Fsp3) is 0.0667. The Morgan fingerprint density at radius 2 is 1.85 bits per heavy atom. The average molecular weight is 269 g/mol. The molecule has 0 aliphatic heterocycles. The van der Waals surface area contributed by atoms with Gasteiger partial charge >= 0.3 is 0 Å². The van der Waals surface area contributed by atoms with Crippen LogP contribution in [0, 0.1) is 10.1 Å². The van der Waals surface area contributed by atoms with E-state index in [4.69, 9.17) is 5.73 Å². The van der Waals surface area contributed by atoms with Gasteiger partial charge in [0.1, 0.15) is 5.69 Å². The number of anilines is 3. The maximum Gasteiger partial charge on any atom is 0.294 e. The number of nitrogen functional groups attached to an aromatic ring is 1. The van der Waals surface area contributed by atoms with Crippen molar-refractivity contribution in [3.05, 3.63) is 70.9 Å². The first-order chi connectivity index (χ1) is 9.65. The number of para-hydroxylation sites is 2. The highest BCUT2D eigenvalue weighted by Gasteiger charge is 2.18. The molecule has 0 aromatic heterocycles. The van der Waals surface area contributed by atoms with E-state index in [0.29, 0.717) is 5.69 Å². The van der Waals surface area contributed by atoms with Crippen molar-refractivity contribution in [3.63, 3.8) is 0 Å². The lowest BCUT2D eigenvalue weighted by atomic mass is 10.2. The summed E-state index contributed by atoms with van der Waals surface area (Å²) in [6.45, 7) is 1.88. The van der Waals surface area contributed by atoms with E-state index in [1.807, 2.05) is 54.4 Å². The molecule has 20 heavy (non-hydrogen) atoms. The first-order valence-corrected chi connectivity index (χ1v) is 6.15. The number of nitro groups is 1. The third-order valence-corrected chi connectivity index (χ3v) is 2.85. The molecule has 0 amide bonds. The van der Waals surface area contributed by atoms with Gasteiger partial charge in [0.15, 0.2) is 0 Å². The van der Waals surface area contributed by atoms with Gasteiger partial charge in [-0.1, -0.05) is 30.3 Å². The molecule has 0 fully saturated rings. The lowest BCUT2D eigenvalue weighted by Gasteiger charge is -2.22. The summed E-state index contributed by atoms with van der Waals surface area (Å²) in [4.78, 5) is 12.3. The molecule has 0 saturated heterocycles. The number of hydrogen-bond donors (Lipinski definition) is 1. The van der Waals surface area contributed by atoms with E-state index in [1.165, 1.54) is 6.07 Å². The van der Waals surface area contributed by atoms with Crippen LogP contribution in [-0.4, -0.2) is 4.92 Å². The van der Waals surface area contributed by atoms with Crippen LogP contribution in [0.1, 0.15) is 6.92 Å². The topological polar surface area (TPSA) is 72.4 Å². The Balaban J connectivity index is 2.56. The molecular weight excluding hydrogens is 254 g/mol. The molecule has 5 heteroatoms. The summed E-state index contributed by atoms with van der Waals surface area (Å²) >= 11 is 0. The minimum Gasteiger partial charge on any atom is -0.391 e. The number of nitro benzene ring substituents is 1. The molecule has 0 aliphatic rings. The minimum atomic E-state index is -0.475. The van der Waals surface area contributed by atoms with E-state index in [-0.39, 0.29) is 11.4 Å². The van der Waals surface area contributed by atoms with Gasteiger partial charge < -0.3 is 10.6 Å². The molecule has 2 N–H and O–H groups in total. The quantitative estimate of drug-likeness (QED) is 0.520. The summed E-state index contributed by atoms with van der Waals surface area (Å²) in [6.07, 6.45) is 3.68. The smallest absolute Gasteiger partial charge is 0.294 e. The summed E-state index contributed by atoms with van der Waals surface area (Å²) in [6, 6.07) is 14.3. The van der Waals surface area contributed by atoms with E-state index in [0.717, 1.165) is 5.69 Å². The second-order valence-electron chi connectivity index (χ2n) is 4.16. The molecule has 2 aromatic rings. The van der Waals surface area contributed by atoms with Crippen LogP contribution in [0.15, 0.2) is 60.8 Å². The van der Waals surface area contributed by atoms with Crippen LogP contribution >= 0.6 is 0 Å². The van der Waals surface area contributed by atoms with Crippen molar-refractivity contribution >= 4 is 22.7 Å². The zero-order valence-corrected chi connectivity index (χ0v) is 11.1. The van der Waals surface area contributed by atoms with Crippen molar-refractivity contribution in [1.82, 2.24) is 0 Å². The predicted molar refractivity (Wildman–Crippen MR) is 80.9 cm³/mol. The highest BCUT2D eigenvalue weighted by Crippen LogP contribution is 2.36. The van der Waals surface area contributed by atoms with Crippen molar-refractivity contribution in [3.8, 4) is 0 Å². The van der Waals surface area contributed by atoms with Crippen molar-refractivity contribution in [2.45, 2.75) is 6.92 Å². The van der Waals surface area contributed by atoms with Gasteiger partial charge in [0.05, 0.1) is 10.6 Å². The van der Waals surface area contributed by atoms with Gasteiger partial charge in [0.25, 0.3) is 5.69 Å². The van der Waals surface area contributed by atoms with Gasteiger partial charge in [-0.05, 0) is 25.1 Å². The molecule has 0 heterocycles. The highest BCUT2D eigenvalue weighted by molar-refractivity contribution is 5.82. The first kappa shape index (κ1) is 13.6. The van der Waals surface area contributed by atoms with Crippen LogP contribution in [0.4, 0.5) is 22.7 Å². The fourth-order valence-electron chi connectivity index (χ4n) is 1.95. The third kappa shape index (κ3) is 2.61. The number of allylic oxidation sites excluding steroid dienone is 1. The highest BCUT2D eigenvalue weighted by atomic mass is 16.6. The average Bonchev–Trinajstić information content (AvgIpc) is 2.46. The van der Waals surface area contributed by atoms with Gasteiger partial charge in [-0.2, -0.15) is 0 Å². The van der Waals surface area contributed by atoms with Gasteiger partial charge in [-0.15, -0.1) is 0 Å². The van der Waals surface area contributed by atoms with Crippen LogP contribution in [0.2, 0.25) is 0 Å². The molecule has 0 radical (unpaired) electrons. The molecule has 0 aliphatic carbocycles. The summed E-state index contributed by atoms with van der Waals surface area (Å²) in [5.41, 5.74) is 7.47. The minimum absolute atomic E-state index is 0.0899. The van der Waals surface area contributed by atoms with Crippen LogP contribution in [0.25, 0.3) is 0 Å². The van der Waals surface area contributed by atoms with Crippen molar-refractivity contribution in [1.29, 1.82) is 0 Å². The summed E-state index contributed by atoms with van der Waals surface area (Å²) in [5.74, 6) is 0. The molecule has 102 valence electrons. The Bertz CT molecular complexity index is 639. The number of nitrogens with zero attached hydrogens (tertiary/aromatic N) is 2. The maximum absolute atomic E-state index is 11.0. The molecule has 0 spiro atoms. The molecule has 0 unspecified atom stereocenters. The zero-order valence-electron chi connectivity index (χ0n) is 11.1. The second kappa shape index (κ2) is 5.88. The molecule has 2 aromatic carbocycles. The number of rotatable bonds is 4. The maximum atomic E-state index is 11.0. The monoisotopic (exact) mass is 269 g/mol. The fourth-order valence-corrected chi connectivity index (χ4v) is 1.95. The van der Waals surface area contributed by atoms with Crippen molar-refractivity contribution in [2.75, 3.05) is 10.6 Å². The lowest BCUT2D eigenvalue weighted by molar-refractivity contribution is -0.383. The van der Waals surface area contributed by atoms with Crippen LogP contribution in [0.3, 0.4) is 0 Å². The normalized spacial score (nSPS) is 10.7. The van der Waals surface area contributed by atoms with E-state index < -0.39 is 4.92 Å². The molecule has 5 nitrogen and oxygen atoms in total. The summed E-state index contributed by atoms with van der Waals surface area (Å²) < 4.78 is 0. The molecule has 2 rings (SSSR count). The van der Waals surface area contributed by atoms with E-state index in [1.54, 1.807) is 12.1 Å². The van der Waals surface area contributed by atoms with E-state index >= 15 is 0 Å². The van der Waals surface area contributed by atoms with Crippen molar-refractivity contribution in [2.24, 2.45) is 0 Å². The Labute approximate surface area is 117 Å². The van der Waals surface area contributed by atoms with Gasteiger partial charge in [0.2, 0.25) is 0 Å². The largest absolute Gasteiger partial charge is 0.391 e. The molecule has 0 saturated carbocycles. The first-order valence-electron chi connectivity index (χ1n) is 6.15. The third-order valence-electron chi connectivity index (χ3n) is 2.85. The Kier molecular flexibility index (Phi) is 4.00.